The summed E-state index contributed by atoms with van der Waals surface area (Å²) in [7, 11) is 0. The number of carbonyl (C=O) groups excluding carboxylic acids is 1. The van der Waals surface area contributed by atoms with Crippen LogP contribution in [0.3, 0.4) is 0 Å². The van der Waals surface area contributed by atoms with Crippen molar-refractivity contribution < 1.29 is 4.79 Å². The van der Waals surface area contributed by atoms with Crippen molar-refractivity contribution in [3.63, 3.8) is 0 Å². The monoisotopic (exact) mass is 167 g/mol. The fraction of sp³-hybridized carbons (Fsp3) is 0.125. The fourth-order valence-corrected chi connectivity index (χ4v) is 1.41. The van der Waals surface area contributed by atoms with E-state index in [-0.39, 0.29) is 5.91 Å². The number of alkyl halides is 1. The summed E-state index contributed by atoms with van der Waals surface area (Å²) in [5.41, 5.74) is 1.71. The van der Waals surface area contributed by atoms with Gasteiger partial charge in [0.05, 0.1) is 0 Å². The van der Waals surface area contributed by atoms with Gasteiger partial charge >= 0.3 is 0 Å². The Bertz CT molecular complexity index is 311. The standard InChI is InChI=1S/C8H6ClNO/c9-7-5-3-1-2-4-6(5)10-8(7)11/h1-4,7H,(H,10,11). The van der Waals surface area contributed by atoms with Gasteiger partial charge in [-0.25, -0.2) is 0 Å². The smallest absolute Gasteiger partial charge is 0.247 e. The highest BCUT2D eigenvalue weighted by Crippen LogP contribution is 2.34. The zero-order valence-electron chi connectivity index (χ0n) is 5.67. The number of amides is 1. The molecule has 0 radical (unpaired) electrons. The molecule has 2 nitrogen and oxygen atoms in total. The van der Waals surface area contributed by atoms with Gasteiger partial charge in [-0.2, -0.15) is 0 Å². The molecule has 1 aromatic rings. The third-order valence-electron chi connectivity index (χ3n) is 1.72. The second-order valence-corrected chi connectivity index (χ2v) is 2.88. The zero-order valence-corrected chi connectivity index (χ0v) is 6.43. The summed E-state index contributed by atoms with van der Waals surface area (Å²) in [6, 6.07) is 7.43. The van der Waals surface area contributed by atoms with Crippen LogP contribution >= 0.6 is 11.6 Å². The summed E-state index contributed by atoms with van der Waals surface area (Å²) in [6.45, 7) is 0. The maximum Gasteiger partial charge on any atom is 0.247 e. The molecular formula is C8H6ClNO. The van der Waals surface area contributed by atoms with E-state index in [0.29, 0.717) is 0 Å². The second kappa shape index (κ2) is 2.24. The molecule has 1 amide bonds. The molecule has 0 aromatic heterocycles. The van der Waals surface area contributed by atoms with Gasteiger partial charge in [0, 0.05) is 11.3 Å². The lowest BCUT2D eigenvalue weighted by Crippen LogP contribution is -2.06. The quantitative estimate of drug-likeness (QED) is 0.588. The predicted molar refractivity (Wildman–Crippen MR) is 43.7 cm³/mol. The van der Waals surface area contributed by atoms with Gasteiger partial charge in [0.2, 0.25) is 5.91 Å². The molecule has 1 unspecified atom stereocenters. The summed E-state index contributed by atoms with van der Waals surface area (Å²) in [5, 5.41) is 2.17. The number of halogens is 1. The highest BCUT2D eigenvalue weighted by molar-refractivity contribution is 6.35. The van der Waals surface area contributed by atoms with Crippen molar-refractivity contribution >= 4 is 23.2 Å². The maximum atomic E-state index is 11.0. The Morgan fingerprint density at radius 1 is 1.36 bits per heavy atom. The molecule has 1 aliphatic heterocycles. The SMILES string of the molecule is O=C1Nc2ccccc2C1Cl. The van der Waals surface area contributed by atoms with Crippen LogP contribution in [0.1, 0.15) is 10.9 Å². The van der Waals surface area contributed by atoms with Crippen LogP contribution in [0.2, 0.25) is 0 Å². The number of benzene rings is 1. The van der Waals surface area contributed by atoms with Crippen molar-refractivity contribution in [2.45, 2.75) is 5.38 Å². The van der Waals surface area contributed by atoms with Gasteiger partial charge in [-0.05, 0) is 6.07 Å². The Morgan fingerprint density at radius 2 is 2.09 bits per heavy atom. The van der Waals surface area contributed by atoms with E-state index < -0.39 is 5.38 Å². The first-order valence-corrected chi connectivity index (χ1v) is 3.76. The molecule has 0 saturated heterocycles. The number of rotatable bonds is 0. The average Bonchev–Trinajstić information content (AvgIpc) is 2.30. The first-order valence-electron chi connectivity index (χ1n) is 3.33. The minimum absolute atomic E-state index is 0.132. The van der Waals surface area contributed by atoms with Crippen LogP contribution in [0.25, 0.3) is 0 Å². The van der Waals surface area contributed by atoms with Gasteiger partial charge in [-0.15, -0.1) is 11.6 Å². The Balaban J connectivity index is 2.55. The van der Waals surface area contributed by atoms with Gasteiger partial charge < -0.3 is 5.32 Å². The van der Waals surface area contributed by atoms with Crippen molar-refractivity contribution in [1.82, 2.24) is 0 Å². The van der Waals surface area contributed by atoms with E-state index in [9.17, 15) is 4.79 Å². The number of nitrogens with one attached hydrogen (secondary N) is 1. The first kappa shape index (κ1) is 6.68. The maximum absolute atomic E-state index is 11.0. The molecule has 0 saturated carbocycles. The zero-order chi connectivity index (χ0) is 7.84. The lowest BCUT2D eigenvalue weighted by atomic mass is 10.2. The van der Waals surface area contributed by atoms with Crippen LogP contribution in [0.5, 0.6) is 0 Å². The van der Waals surface area contributed by atoms with Crippen molar-refractivity contribution in [3.05, 3.63) is 29.8 Å². The van der Waals surface area contributed by atoms with Gasteiger partial charge in [-0.3, -0.25) is 4.79 Å². The van der Waals surface area contributed by atoms with Crippen LogP contribution < -0.4 is 5.32 Å². The second-order valence-electron chi connectivity index (χ2n) is 2.44. The molecular weight excluding hydrogens is 162 g/mol. The topological polar surface area (TPSA) is 29.1 Å². The van der Waals surface area contributed by atoms with Crippen molar-refractivity contribution in [3.8, 4) is 0 Å². The van der Waals surface area contributed by atoms with Crippen LogP contribution in [0.4, 0.5) is 5.69 Å². The van der Waals surface area contributed by atoms with Crippen LogP contribution in [0.15, 0.2) is 24.3 Å². The average molecular weight is 168 g/mol. The third kappa shape index (κ3) is 0.906. The predicted octanol–water partition coefficient (Wildman–Crippen LogP) is 1.92. The molecule has 0 aliphatic carbocycles. The number of para-hydroxylation sites is 1. The summed E-state index contributed by atoms with van der Waals surface area (Å²) in [5.74, 6) is -0.132. The molecule has 1 heterocycles. The first-order chi connectivity index (χ1) is 5.29. The van der Waals surface area contributed by atoms with Crippen molar-refractivity contribution in [2.24, 2.45) is 0 Å². The summed E-state index contributed by atoms with van der Waals surface area (Å²) in [4.78, 5) is 11.0. The molecule has 2 rings (SSSR count). The normalized spacial score (nSPS) is 21.2. The van der Waals surface area contributed by atoms with E-state index in [0.717, 1.165) is 11.3 Å². The summed E-state index contributed by atoms with van der Waals surface area (Å²) in [6.07, 6.45) is 0. The Kier molecular flexibility index (Phi) is 1.36. The molecule has 1 atom stereocenters. The van der Waals surface area contributed by atoms with Gasteiger partial charge in [-0.1, -0.05) is 18.2 Å². The molecule has 3 heteroatoms. The molecule has 11 heavy (non-hydrogen) atoms. The number of hydrogen-bond acceptors (Lipinski definition) is 1. The lowest BCUT2D eigenvalue weighted by molar-refractivity contribution is -0.115. The molecule has 1 N–H and O–H groups in total. The van der Waals surface area contributed by atoms with Crippen LogP contribution in [-0.2, 0) is 4.79 Å². The van der Waals surface area contributed by atoms with E-state index in [2.05, 4.69) is 5.32 Å². The van der Waals surface area contributed by atoms with Gasteiger partial charge in [0.1, 0.15) is 5.38 Å². The number of fused-ring (bicyclic) bond motifs is 1. The van der Waals surface area contributed by atoms with Crippen LogP contribution in [-0.4, -0.2) is 5.91 Å². The largest absolute Gasteiger partial charge is 0.324 e. The minimum atomic E-state index is -0.508. The number of hydrogen-bond donors (Lipinski definition) is 1. The molecule has 1 aromatic carbocycles. The Morgan fingerprint density at radius 3 is 2.82 bits per heavy atom. The van der Waals surface area contributed by atoms with E-state index >= 15 is 0 Å². The molecule has 56 valence electrons. The number of anilines is 1. The third-order valence-corrected chi connectivity index (χ3v) is 2.16. The van der Waals surface area contributed by atoms with E-state index in [1.54, 1.807) is 0 Å². The molecule has 0 bridgehead atoms. The minimum Gasteiger partial charge on any atom is -0.324 e. The highest BCUT2D eigenvalue weighted by Gasteiger charge is 2.27. The van der Waals surface area contributed by atoms with Crippen molar-refractivity contribution in [1.29, 1.82) is 0 Å². The van der Waals surface area contributed by atoms with Gasteiger partial charge in [0.25, 0.3) is 0 Å². The van der Waals surface area contributed by atoms with Crippen molar-refractivity contribution in [2.75, 3.05) is 5.32 Å². The van der Waals surface area contributed by atoms with Gasteiger partial charge in [0.15, 0.2) is 0 Å². The molecule has 0 fully saturated rings. The number of carbonyl (C=O) groups is 1. The van der Waals surface area contributed by atoms with E-state index in [4.69, 9.17) is 11.6 Å². The lowest BCUT2D eigenvalue weighted by Gasteiger charge is -1.95. The van der Waals surface area contributed by atoms with E-state index in [1.165, 1.54) is 0 Å². The Labute approximate surface area is 69.2 Å². The molecule has 0 spiro atoms. The summed E-state index contributed by atoms with van der Waals surface area (Å²) >= 11 is 5.78. The van der Waals surface area contributed by atoms with E-state index in [1.807, 2.05) is 24.3 Å². The fourth-order valence-electron chi connectivity index (χ4n) is 1.17. The van der Waals surface area contributed by atoms with Crippen LogP contribution in [0, 0.1) is 0 Å². The summed E-state index contributed by atoms with van der Waals surface area (Å²) < 4.78 is 0. The highest BCUT2D eigenvalue weighted by atomic mass is 35.5. The Hall–Kier alpha value is -1.02. The molecule has 1 aliphatic rings.